The van der Waals surface area contributed by atoms with Gasteiger partial charge in [0.05, 0.1) is 0 Å². The molecule has 0 saturated heterocycles. The number of unbranched alkanes of at least 4 members (excludes halogenated alkanes) is 1. The predicted molar refractivity (Wildman–Crippen MR) is 80.0 cm³/mol. The van der Waals surface area contributed by atoms with E-state index in [1.807, 2.05) is 0 Å². The third kappa shape index (κ3) is 13.8. The van der Waals surface area contributed by atoms with Crippen molar-refractivity contribution >= 4 is 12.0 Å². The third-order valence-corrected chi connectivity index (χ3v) is 2.52. The molecule has 0 atom stereocenters. The largest absolute Gasteiger partial charge is 0.471 e. The molecule has 0 aromatic carbocycles. The third-order valence-electron chi connectivity index (χ3n) is 2.52. The number of rotatable bonds is 9. The van der Waals surface area contributed by atoms with Gasteiger partial charge in [0, 0.05) is 13.1 Å². The maximum Gasteiger partial charge on any atom is 0.471 e. The Balaban J connectivity index is 3.38. The van der Waals surface area contributed by atoms with Crippen molar-refractivity contribution in [2.45, 2.75) is 51.8 Å². The molecule has 0 radical (unpaired) electrons. The molecule has 9 heteroatoms. The maximum absolute atomic E-state index is 11.9. The normalized spacial score (nSPS) is 11.9. The van der Waals surface area contributed by atoms with E-state index in [9.17, 15) is 22.8 Å². The van der Waals surface area contributed by atoms with Crippen LogP contribution in [-0.4, -0.2) is 50.0 Å². The Kier molecular flexibility index (Phi) is 9.62. The van der Waals surface area contributed by atoms with Crippen LogP contribution in [0.3, 0.4) is 0 Å². The highest BCUT2D eigenvalue weighted by Crippen LogP contribution is 2.13. The fourth-order valence-corrected chi connectivity index (χ4v) is 1.52. The van der Waals surface area contributed by atoms with E-state index in [-0.39, 0.29) is 6.54 Å². The maximum atomic E-state index is 11.9. The summed E-state index contributed by atoms with van der Waals surface area (Å²) in [4.78, 5) is 21.8. The van der Waals surface area contributed by atoms with E-state index >= 15 is 0 Å². The van der Waals surface area contributed by atoms with Gasteiger partial charge in [0.25, 0.3) is 0 Å². The second-order valence-corrected chi connectivity index (χ2v) is 5.99. The molecule has 136 valence electrons. The van der Waals surface area contributed by atoms with Crippen LogP contribution in [0, 0.1) is 0 Å². The van der Waals surface area contributed by atoms with Crippen LogP contribution < -0.4 is 16.0 Å². The van der Waals surface area contributed by atoms with Crippen molar-refractivity contribution in [1.29, 1.82) is 0 Å². The monoisotopic (exact) mass is 341 g/mol. The summed E-state index contributed by atoms with van der Waals surface area (Å²) in [6, 6.07) is 0. The van der Waals surface area contributed by atoms with Crippen molar-refractivity contribution in [3.63, 3.8) is 0 Å². The van der Waals surface area contributed by atoms with E-state index in [0.29, 0.717) is 26.1 Å². The molecule has 0 rings (SSSR count). The smallest absolute Gasteiger partial charge is 0.444 e. The summed E-state index contributed by atoms with van der Waals surface area (Å²) in [5, 5.41) is 7.48. The number of amides is 2. The van der Waals surface area contributed by atoms with Gasteiger partial charge in [0.15, 0.2) is 0 Å². The van der Waals surface area contributed by atoms with Gasteiger partial charge in [-0.1, -0.05) is 0 Å². The Hall–Kier alpha value is -1.51. The number of carbonyl (C=O) groups is 2. The van der Waals surface area contributed by atoms with Crippen LogP contribution in [-0.2, 0) is 9.53 Å². The second-order valence-electron chi connectivity index (χ2n) is 5.99. The van der Waals surface area contributed by atoms with Gasteiger partial charge >= 0.3 is 18.2 Å². The molecule has 0 spiro atoms. The molecule has 2 amide bonds. The number of alkyl halides is 3. The molecule has 3 N–H and O–H groups in total. The molecule has 6 nitrogen and oxygen atoms in total. The van der Waals surface area contributed by atoms with E-state index in [2.05, 4.69) is 10.6 Å². The zero-order chi connectivity index (χ0) is 17.9. The van der Waals surface area contributed by atoms with Crippen LogP contribution in [0.15, 0.2) is 0 Å². The highest BCUT2D eigenvalue weighted by Gasteiger charge is 2.38. The summed E-state index contributed by atoms with van der Waals surface area (Å²) >= 11 is 0. The van der Waals surface area contributed by atoms with Gasteiger partial charge in [-0.3, -0.25) is 4.79 Å². The predicted octanol–water partition coefficient (Wildman–Crippen LogP) is 1.95. The van der Waals surface area contributed by atoms with Crippen LogP contribution in [0.1, 0.15) is 40.0 Å². The molecule has 0 aromatic rings. The zero-order valence-electron chi connectivity index (χ0n) is 13.8. The van der Waals surface area contributed by atoms with Crippen molar-refractivity contribution < 1.29 is 27.5 Å². The lowest BCUT2D eigenvalue weighted by atomic mass is 10.2. The van der Waals surface area contributed by atoms with Crippen LogP contribution in [0.25, 0.3) is 0 Å². The molecule has 23 heavy (non-hydrogen) atoms. The SMILES string of the molecule is CC(C)(C)OC(=O)NCCCCNCCCNC(=O)C(F)(F)F. The van der Waals surface area contributed by atoms with Crippen molar-refractivity contribution in [3.8, 4) is 0 Å². The topological polar surface area (TPSA) is 79.5 Å². The minimum atomic E-state index is -4.82. The van der Waals surface area contributed by atoms with Crippen molar-refractivity contribution in [1.82, 2.24) is 16.0 Å². The van der Waals surface area contributed by atoms with Gasteiger partial charge in [0.1, 0.15) is 5.60 Å². The summed E-state index contributed by atoms with van der Waals surface area (Å²) < 4.78 is 40.7. The van der Waals surface area contributed by atoms with Gasteiger partial charge in [0.2, 0.25) is 0 Å². The van der Waals surface area contributed by atoms with E-state index in [4.69, 9.17) is 4.74 Å². The molecule has 0 unspecified atom stereocenters. The average molecular weight is 341 g/mol. The number of halogens is 3. The van der Waals surface area contributed by atoms with Gasteiger partial charge in [-0.05, 0) is 53.1 Å². The standard InChI is InChI=1S/C14H26F3N3O3/c1-13(2,3)23-12(22)20-9-5-4-7-18-8-6-10-19-11(21)14(15,16)17/h18H,4-10H2,1-3H3,(H,19,21)(H,20,22). The van der Waals surface area contributed by atoms with Gasteiger partial charge in [-0.15, -0.1) is 0 Å². The number of alkyl carbamates (subject to hydrolysis) is 1. The van der Waals surface area contributed by atoms with E-state index in [1.165, 1.54) is 0 Å². The molecule has 0 aliphatic heterocycles. The Labute approximate surface area is 134 Å². The highest BCUT2D eigenvalue weighted by atomic mass is 19.4. The molecule has 0 aromatic heterocycles. The fourth-order valence-electron chi connectivity index (χ4n) is 1.52. The lowest BCUT2D eigenvalue weighted by molar-refractivity contribution is -0.173. The highest BCUT2D eigenvalue weighted by molar-refractivity contribution is 5.81. The molecular weight excluding hydrogens is 315 g/mol. The van der Waals surface area contributed by atoms with E-state index in [0.717, 1.165) is 12.8 Å². The average Bonchev–Trinajstić information content (AvgIpc) is 2.37. The number of nitrogens with one attached hydrogen (secondary N) is 3. The molecule has 0 aliphatic carbocycles. The molecule has 0 heterocycles. The fraction of sp³-hybridized carbons (Fsp3) is 0.857. The Morgan fingerprint density at radius 2 is 1.39 bits per heavy atom. The van der Waals surface area contributed by atoms with Crippen LogP contribution >= 0.6 is 0 Å². The first-order valence-corrected chi connectivity index (χ1v) is 7.55. The zero-order valence-corrected chi connectivity index (χ0v) is 13.8. The summed E-state index contributed by atoms with van der Waals surface area (Å²) in [6.45, 7) is 7.03. The van der Waals surface area contributed by atoms with Crippen molar-refractivity contribution in [3.05, 3.63) is 0 Å². The van der Waals surface area contributed by atoms with Gasteiger partial charge < -0.3 is 20.7 Å². The van der Waals surface area contributed by atoms with Gasteiger partial charge in [-0.25, -0.2) is 4.79 Å². The second kappa shape index (κ2) is 10.3. The van der Waals surface area contributed by atoms with Crippen LogP contribution in [0.2, 0.25) is 0 Å². The summed E-state index contributed by atoms with van der Waals surface area (Å²) in [5.74, 6) is -1.91. The minimum Gasteiger partial charge on any atom is -0.444 e. The van der Waals surface area contributed by atoms with Gasteiger partial charge in [-0.2, -0.15) is 13.2 Å². The molecular formula is C14H26F3N3O3. The first-order chi connectivity index (χ1) is 10.5. The van der Waals surface area contributed by atoms with E-state index < -0.39 is 23.8 Å². The molecule has 0 bridgehead atoms. The molecule has 0 fully saturated rings. The first-order valence-electron chi connectivity index (χ1n) is 7.55. The molecule has 0 saturated carbocycles. The molecule has 0 aliphatic rings. The van der Waals surface area contributed by atoms with Crippen molar-refractivity contribution in [2.24, 2.45) is 0 Å². The lowest BCUT2D eigenvalue weighted by Gasteiger charge is -2.19. The number of carbonyl (C=O) groups excluding carboxylic acids is 2. The summed E-state index contributed by atoms with van der Waals surface area (Å²) in [6.07, 6.45) is -3.29. The van der Waals surface area contributed by atoms with Crippen LogP contribution in [0.5, 0.6) is 0 Å². The van der Waals surface area contributed by atoms with Crippen molar-refractivity contribution in [2.75, 3.05) is 26.2 Å². The summed E-state index contributed by atoms with van der Waals surface area (Å²) in [7, 11) is 0. The lowest BCUT2D eigenvalue weighted by Crippen LogP contribution is -2.38. The number of hydrogen-bond donors (Lipinski definition) is 3. The number of hydrogen-bond acceptors (Lipinski definition) is 4. The Morgan fingerprint density at radius 1 is 0.870 bits per heavy atom. The quantitative estimate of drug-likeness (QED) is 0.560. The first kappa shape index (κ1) is 21.5. The minimum absolute atomic E-state index is 0.0223. The van der Waals surface area contributed by atoms with Crippen LogP contribution in [0.4, 0.5) is 18.0 Å². The van der Waals surface area contributed by atoms with E-state index in [1.54, 1.807) is 26.1 Å². The number of ether oxygens (including phenoxy) is 1. The summed E-state index contributed by atoms with van der Waals surface area (Å²) in [5.41, 5.74) is -0.521. The Morgan fingerprint density at radius 3 is 1.96 bits per heavy atom. The Bertz CT molecular complexity index is 369.